The number of hydrogen-bond donors (Lipinski definition) is 3. The topological polar surface area (TPSA) is 130 Å². The Labute approximate surface area is 101 Å². The van der Waals surface area contributed by atoms with E-state index in [9.17, 15) is 19.7 Å². The van der Waals surface area contributed by atoms with Gasteiger partial charge in [-0.3, -0.25) is 14.9 Å². The molecule has 0 aromatic heterocycles. The maximum absolute atomic E-state index is 11.5. The number of aliphatic hydroxyl groups is 1. The van der Waals surface area contributed by atoms with Crippen molar-refractivity contribution >= 4 is 17.6 Å². The second kappa shape index (κ2) is 5.73. The molecule has 0 saturated carbocycles. The van der Waals surface area contributed by atoms with Crippen LogP contribution in [0.5, 0.6) is 0 Å². The highest BCUT2D eigenvalue weighted by Crippen LogP contribution is 2.11. The Morgan fingerprint density at radius 3 is 2.33 bits per heavy atom. The number of carboxylic acid groups (broad SMARTS) is 1. The third-order valence-electron chi connectivity index (χ3n) is 2.08. The van der Waals surface area contributed by atoms with Crippen molar-refractivity contribution in [2.45, 2.75) is 6.10 Å². The number of carbonyl (C=O) groups is 2. The summed E-state index contributed by atoms with van der Waals surface area (Å²) in [5, 5.41) is 29.9. The van der Waals surface area contributed by atoms with E-state index in [1.165, 1.54) is 12.1 Å². The molecule has 8 nitrogen and oxygen atoms in total. The number of nitrogens with zero attached hydrogens (tertiary/aromatic N) is 1. The number of carbonyl (C=O) groups excluding carboxylic acids is 1. The molecule has 1 aromatic carbocycles. The van der Waals surface area contributed by atoms with E-state index in [2.05, 4.69) is 5.32 Å². The van der Waals surface area contributed by atoms with Crippen LogP contribution in [0.1, 0.15) is 10.4 Å². The number of nitrogens with one attached hydrogen (secondary N) is 1. The molecule has 1 unspecified atom stereocenters. The minimum atomic E-state index is -1.69. The van der Waals surface area contributed by atoms with Crippen LogP contribution in [-0.4, -0.2) is 39.7 Å². The van der Waals surface area contributed by atoms with Gasteiger partial charge in [-0.1, -0.05) is 0 Å². The number of hydrogen-bond acceptors (Lipinski definition) is 5. The van der Waals surface area contributed by atoms with Crippen molar-refractivity contribution in [2.24, 2.45) is 0 Å². The van der Waals surface area contributed by atoms with Gasteiger partial charge in [-0.2, -0.15) is 0 Å². The largest absolute Gasteiger partial charge is 0.479 e. The first-order valence-electron chi connectivity index (χ1n) is 4.85. The Hall–Kier alpha value is -2.48. The minimum absolute atomic E-state index is 0.137. The van der Waals surface area contributed by atoms with Crippen molar-refractivity contribution in [2.75, 3.05) is 6.54 Å². The molecule has 96 valence electrons. The first-order chi connectivity index (χ1) is 8.41. The fourth-order valence-electron chi connectivity index (χ4n) is 1.11. The number of nitro benzene ring substituents is 1. The number of benzene rings is 1. The average molecular weight is 254 g/mol. The van der Waals surface area contributed by atoms with Crippen LogP contribution in [-0.2, 0) is 4.79 Å². The van der Waals surface area contributed by atoms with Gasteiger partial charge in [0, 0.05) is 17.7 Å². The van der Waals surface area contributed by atoms with Crippen LogP contribution in [0.4, 0.5) is 5.69 Å². The number of aliphatic carboxylic acids is 1. The molecule has 18 heavy (non-hydrogen) atoms. The van der Waals surface area contributed by atoms with Gasteiger partial charge in [0.05, 0.1) is 11.5 Å². The number of non-ortho nitro benzene ring substituents is 1. The van der Waals surface area contributed by atoms with E-state index in [-0.39, 0.29) is 11.3 Å². The van der Waals surface area contributed by atoms with Crippen LogP contribution >= 0.6 is 0 Å². The zero-order valence-electron chi connectivity index (χ0n) is 9.07. The summed E-state index contributed by atoms with van der Waals surface area (Å²) in [7, 11) is 0. The molecule has 0 aliphatic carbocycles. The number of carboxylic acids is 1. The standard InChI is InChI=1S/C10H10N2O6/c13-8(10(15)16)5-11-9(14)6-1-3-7(4-2-6)12(17)18/h1-4,8,13H,5H2,(H,11,14)(H,15,16). The predicted molar refractivity (Wildman–Crippen MR) is 59.1 cm³/mol. The number of rotatable bonds is 5. The monoisotopic (exact) mass is 254 g/mol. The van der Waals surface area contributed by atoms with Crippen LogP contribution in [0.3, 0.4) is 0 Å². The molecular formula is C10H10N2O6. The van der Waals surface area contributed by atoms with Crippen LogP contribution in [0.25, 0.3) is 0 Å². The Balaban J connectivity index is 2.62. The lowest BCUT2D eigenvalue weighted by Gasteiger charge is -2.07. The Morgan fingerprint density at radius 2 is 1.89 bits per heavy atom. The molecule has 0 spiro atoms. The summed E-state index contributed by atoms with van der Waals surface area (Å²) in [6.45, 7) is -0.439. The van der Waals surface area contributed by atoms with Gasteiger partial charge in [0.25, 0.3) is 11.6 Å². The highest BCUT2D eigenvalue weighted by Gasteiger charge is 2.15. The van der Waals surface area contributed by atoms with Gasteiger partial charge in [-0.15, -0.1) is 0 Å². The van der Waals surface area contributed by atoms with Crippen LogP contribution < -0.4 is 5.32 Å². The molecule has 0 bridgehead atoms. The smallest absolute Gasteiger partial charge is 0.334 e. The third-order valence-corrected chi connectivity index (χ3v) is 2.08. The van der Waals surface area contributed by atoms with E-state index in [4.69, 9.17) is 10.2 Å². The Morgan fingerprint density at radius 1 is 1.33 bits per heavy atom. The van der Waals surface area contributed by atoms with Crippen molar-refractivity contribution in [1.29, 1.82) is 0 Å². The minimum Gasteiger partial charge on any atom is -0.479 e. The number of nitro groups is 1. The SMILES string of the molecule is O=C(NCC(O)C(=O)O)c1ccc([N+](=O)[O-])cc1. The highest BCUT2D eigenvalue weighted by molar-refractivity contribution is 5.94. The van der Waals surface area contributed by atoms with Gasteiger partial charge >= 0.3 is 5.97 Å². The normalized spacial score (nSPS) is 11.6. The highest BCUT2D eigenvalue weighted by atomic mass is 16.6. The van der Waals surface area contributed by atoms with Crippen molar-refractivity contribution < 1.29 is 24.7 Å². The van der Waals surface area contributed by atoms with Gasteiger partial charge in [-0.25, -0.2) is 4.79 Å². The van der Waals surface area contributed by atoms with Crippen LogP contribution in [0.2, 0.25) is 0 Å². The zero-order valence-corrected chi connectivity index (χ0v) is 9.07. The van der Waals surface area contributed by atoms with Crippen molar-refractivity contribution in [3.05, 3.63) is 39.9 Å². The van der Waals surface area contributed by atoms with Gasteiger partial charge in [0.15, 0.2) is 6.10 Å². The van der Waals surface area contributed by atoms with E-state index in [1.54, 1.807) is 0 Å². The summed E-state index contributed by atoms with van der Waals surface area (Å²) in [4.78, 5) is 31.5. The zero-order chi connectivity index (χ0) is 13.7. The molecule has 1 amide bonds. The summed E-state index contributed by atoms with van der Waals surface area (Å²) < 4.78 is 0. The summed E-state index contributed by atoms with van der Waals surface area (Å²) in [6, 6.07) is 4.78. The van der Waals surface area contributed by atoms with E-state index in [0.29, 0.717) is 0 Å². The maximum atomic E-state index is 11.5. The molecule has 0 aliphatic rings. The molecule has 0 fully saturated rings. The fourth-order valence-corrected chi connectivity index (χ4v) is 1.11. The summed E-state index contributed by atoms with van der Waals surface area (Å²) >= 11 is 0. The molecule has 0 aliphatic heterocycles. The molecule has 0 saturated heterocycles. The quantitative estimate of drug-likeness (QED) is 0.491. The maximum Gasteiger partial charge on any atom is 0.334 e. The summed E-state index contributed by atoms with van der Waals surface area (Å²) in [5.41, 5.74) is -0.0182. The van der Waals surface area contributed by atoms with Gasteiger partial charge in [0.2, 0.25) is 0 Å². The Kier molecular flexibility index (Phi) is 4.33. The van der Waals surface area contributed by atoms with Crippen molar-refractivity contribution in [1.82, 2.24) is 5.32 Å². The fraction of sp³-hybridized carbons (Fsp3) is 0.200. The average Bonchev–Trinajstić information content (AvgIpc) is 2.35. The van der Waals surface area contributed by atoms with Crippen molar-refractivity contribution in [3.63, 3.8) is 0 Å². The van der Waals surface area contributed by atoms with Crippen LogP contribution in [0, 0.1) is 10.1 Å². The molecular weight excluding hydrogens is 244 g/mol. The number of aliphatic hydroxyl groups excluding tert-OH is 1. The van der Waals surface area contributed by atoms with E-state index in [1.807, 2.05) is 0 Å². The third kappa shape index (κ3) is 3.52. The lowest BCUT2D eigenvalue weighted by molar-refractivity contribution is -0.384. The lowest BCUT2D eigenvalue weighted by atomic mass is 10.2. The molecule has 8 heteroatoms. The van der Waals surface area contributed by atoms with Crippen molar-refractivity contribution in [3.8, 4) is 0 Å². The summed E-state index contributed by atoms with van der Waals surface area (Å²) in [6.07, 6.45) is -1.69. The predicted octanol–water partition coefficient (Wildman–Crippen LogP) is -0.230. The Bertz CT molecular complexity index is 470. The van der Waals surface area contributed by atoms with Crippen LogP contribution in [0.15, 0.2) is 24.3 Å². The second-order valence-corrected chi connectivity index (χ2v) is 3.37. The first kappa shape index (κ1) is 13.6. The molecule has 3 N–H and O–H groups in total. The molecule has 1 atom stereocenters. The lowest BCUT2D eigenvalue weighted by Crippen LogP contribution is -2.36. The molecule has 1 rings (SSSR count). The second-order valence-electron chi connectivity index (χ2n) is 3.37. The van der Waals surface area contributed by atoms with E-state index < -0.39 is 29.4 Å². The van der Waals surface area contributed by atoms with Gasteiger partial charge in [0.1, 0.15) is 0 Å². The number of amides is 1. The van der Waals surface area contributed by atoms with Gasteiger partial charge < -0.3 is 15.5 Å². The van der Waals surface area contributed by atoms with E-state index >= 15 is 0 Å². The first-order valence-corrected chi connectivity index (χ1v) is 4.85. The molecule has 0 radical (unpaired) electrons. The molecule has 1 aromatic rings. The molecule has 0 heterocycles. The van der Waals surface area contributed by atoms with E-state index in [0.717, 1.165) is 12.1 Å². The summed E-state index contributed by atoms with van der Waals surface area (Å²) in [5.74, 6) is -2.07. The van der Waals surface area contributed by atoms with Gasteiger partial charge in [-0.05, 0) is 12.1 Å².